The maximum atomic E-state index is 12.3. The van der Waals surface area contributed by atoms with Crippen molar-refractivity contribution in [2.24, 2.45) is 5.92 Å². The quantitative estimate of drug-likeness (QED) is 0.723. The number of aliphatic hydroxyl groups excluding tert-OH is 1. The lowest BCUT2D eigenvalue weighted by atomic mass is 9.82. The summed E-state index contributed by atoms with van der Waals surface area (Å²) in [6.45, 7) is 7.68. The van der Waals surface area contributed by atoms with E-state index in [0.717, 1.165) is 19.3 Å². The number of likely N-dealkylation sites (tertiary alicyclic amines) is 1. The number of nitrogens with zero attached hydrogens (tertiary/aromatic N) is 1. The van der Waals surface area contributed by atoms with E-state index < -0.39 is 5.60 Å². The fourth-order valence-electron chi connectivity index (χ4n) is 4.19. The van der Waals surface area contributed by atoms with E-state index in [0.29, 0.717) is 6.42 Å². The lowest BCUT2D eigenvalue weighted by Crippen LogP contribution is -2.47. The smallest absolute Gasteiger partial charge is 0.411 e. The Bertz CT molecular complexity index is 728. The molecule has 1 amide bonds. The second kappa shape index (κ2) is 6.96. The minimum absolute atomic E-state index is 0.0275. The Morgan fingerprint density at radius 1 is 1.35 bits per heavy atom. The number of carbonyl (C=O) groups is 1. The molecule has 3 aliphatic carbocycles. The Labute approximate surface area is 156 Å². The van der Waals surface area contributed by atoms with E-state index in [1.165, 1.54) is 16.7 Å². The van der Waals surface area contributed by atoms with E-state index in [-0.39, 0.29) is 30.2 Å². The fraction of sp³-hybridized carbons (Fsp3) is 0.591. The molecule has 4 heteroatoms. The second-order valence-electron chi connectivity index (χ2n) is 8.56. The van der Waals surface area contributed by atoms with Gasteiger partial charge in [0.1, 0.15) is 5.60 Å². The van der Waals surface area contributed by atoms with Gasteiger partial charge in [-0.05, 0) is 70.1 Å². The minimum Gasteiger partial charge on any atom is -0.444 e. The number of aryl methyl sites for hydroxylation is 1. The first kappa shape index (κ1) is 18.8. The van der Waals surface area contributed by atoms with E-state index in [2.05, 4.69) is 31.0 Å². The van der Waals surface area contributed by atoms with Crippen LogP contribution in [0, 0.1) is 25.2 Å². The molecular weight excluding hydrogens is 326 g/mol. The first-order valence-corrected chi connectivity index (χ1v) is 9.48. The predicted octanol–water partition coefficient (Wildman–Crippen LogP) is 4.13. The Kier molecular flexibility index (Phi) is 5.03. The number of aliphatic hydroxyl groups is 1. The third-order valence-corrected chi connectivity index (χ3v) is 5.51. The minimum atomic E-state index is -0.526. The molecule has 0 aromatic heterocycles. The van der Waals surface area contributed by atoms with Crippen LogP contribution in [-0.4, -0.2) is 39.9 Å². The van der Waals surface area contributed by atoms with Crippen LogP contribution in [-0.2, 0) is 4.74 Å². The average Bonchev–Trinajstić information content (AvgIpc) is 2.91. The number of hydrogen-bond donors (Lipinski definition) is 1. The van der Waals surface area contributed by atoms with Crippen LogP contribution in [0.1, 0.15) is 52.0 Å². The van der Waals surface area contributed by atoms with Gasteiger partial charge in [0.2, 0.25) is 0 Å². The molecule has 4 rings (SSSR count). The van der Waals surface area contributed by atoms with Gasteiger partial charge in [0.15, 0.2) is 0 Å². The van der Waals surface area contributed by atoms with E-state index in [1.54, 1.807) is 4.90 Å². The summed E-state index contributed by atoms with van der Waals surface area (Å²) >= 11 is 0. The van der Waals surface area contributed by atoms with Crippen LogP contribution in [0.15, 0.2) is 18.2 Å². The molecule has 1 heterocycles. The molecule has 1 N–H and O–H groups in total. The van der Waals surface area contributed by atoms with Gasteiger partial charge in [-0.25, -0.2) is 4.79 Å². The normalized spacial score (nSPS) is 28.4. The molecule has 4 aliphatic rings. The maximum absolute atomic E-state index is 12.3. The largest absolute Gasteiger partial charge is 0.444 e. The predicted molar refractivity (Wildman–Crippen MR) is 103 cm³/mol. The third kappa shape index (κ3) is 3.59. The molecule has 1 saturated carbocycles. The highest BCUT2D eigenvalue weighted by atomic mass is 16.6. The molecule has 4 atom stereocenters. The van der Waals surface area contributed by atoms with Crippen molar-refractivity contribution in [1.82, 2.24) is 4.90 Å². The van der Waals surface area contributed by atoms with E-state index >= 15 is 0 Å². The first-order chi connectivity index (χ1) is 12.2. The van der Waals surface area contributed by atoms with Crippen molar-refractivity contribution in [2.75, 3.05) is 0 Å². The van der Waals surface area contributed by atoms with Gasteiger partial charge < -0.3 is 9.84 Å². The topological polar surface area (TPSA) is 49.8 Å². The van der Waals surface area contributed by atoms with Crippen molar-refractivity contribution in [3.05, 3.63) is 23.8 Å². The summed E-state index contributed by atoms with van der Waals surface area (Å²) < 4.78 is 5.45. The van der Waals surface area contributed by atoms with Crippen molar-refractivity contribution in [3.63, 3.8) is 0 Å². The Morgan fingerprint density at radius 2 is 2.08 bits per heavy atom. The third-order valence-electron chi connectivity index (χ3n) is 5.51. The summed E-state index contributed by atoms with van der Waals surface area (Å²) in [7, 11) is 0. The summed E-state index contributed by atoms with van der Waals surface area (Å²) in [5.74, 6) is 2.77. The average molecular weight is 355 g/mol. The van der Waals surface area contributed by atoms with Crippen LogP contribution >= 0.6 is 0 Å². The standard InChI is InChI=1S/C15H23NO3.C7H6/c1-5-10-9-11-12(7-6-8-13(11)17)16(10)14(18)19-15(2,3)4;1-5-4-6-2-3-7(5)6/h1,10-13,17H,6-9H2,2-4H3;2-4H,1H3/t10?,11-,12-,13+;/m1./s1. The van der Waals surface area contributed by atoms with Gasteiger partial charge in [0, 0.05) is 12.0 Å². The van der Waals surface area contributed by atoms with Crippen molar-refractivity contribution in [3.8, 4) is 23.5 Å². The highest BCUT2D eigenvalue weighted by molar-refractivity contribution is 5.80. The maximum Gasteiger partial charge on any atom is 0.411 e. The summed E-state index contributed by atoms with van der Waals surface area (Å²) in [6, 6.07) is 6.28. The number of hydrogen-bond acceptors (Lipinski definition) is 3. The van der Waals surface area contributed by atoms with Crippen molar-refractivity contribution < 1.29 is 14.6 Å². The second-order valence-corrected chi connectivity index (χ2v) is 8.56. The summed E-state index contributed by atoms with van der Waals surface area (Å²) in [6.07, 6.45) is 8.17. The molecule has 1 saturated heterocycles. The van der Waals surface area contributed by atoms with Crippen LogP contribution in [0.25, 0.3) is 11.1 Å². The van der Waals surface area contributed by atoms with Gasteiger partial charge in [0.05, 0.1) is 12.1 Å². The highest BCUT2D eigenvalue weighted by Crippen LogP contribution is 2.40. The van der Waals surface area contributed by atoms with Crippen LogP contribution in [0.4, 0.5) is 4.79 Å². The number of rotatable bonds is 0. The lowest BCUT2D eigenvalue weighted by molar-refractivity contribution is 0.00207. The van der Waals surface area contributed by atoms with Gasteiger partial charge in [-0.15, -0.1) is 6.42 Å². The van der Waals surface area contributed by atoms with Crippen molar-refractivity contribution >= 4 is 6.09 Å². The molecule has 1 aliphatic heterocycles. The number of terminal acetylenes is 1. The van der Waals surface area contributed by atoms with Crippen LogP contribution in [0.2, 0.25) is 0 Å². The number of benzene rings is 1. The number of ether oxygens (including phenoxy) is 1. The highest BCUT2D eigenvalue weighted by Gasteiger charge is 2.48. The fourth-order valence-corrected chi connectivity index (χ4v) is 4.19. The molecule has 26 heavy (non-hydrogen) atoms. The molecular formula is C22H29NO3. The van der Waals surface area contributed by atoms with E-state index in [9.17, 15) is 9.90 Å². The molecule has 0 aromatic carbocycles. The number of amides is 1. The molecule has 2 fully saturated rings. The van der Waals surface area contributed by atoms with Crippen molar-refractivity contribution in [1.29, 1.82) is 0 Å². The van der Waals surface area contributed by atoms with Crippen LogP contribution in [0.5, 0.6) is 0 Å². The Morgan fingerprint density at radius 3 is 2.50 bits per heavy atom. The molecule has 0 spiro atoms. The molecule has 0 aromatic rings. The van der Waals surface area contributed by atoms with Gasteiger partial charge >= 0.3 is 6.09 Å². The zero-order valence-electron chi connectivity index (χ0n) is 16.2. The Hall–Kier alpha value is -1.99. The Balaban J connectivity index is 0.000000229. The van der Waals surface area contributed by atoms with E-state index in [1.807, 2.05) is 20.8 Å². The molecule has 1 unspecified atom stereocenters. The zero-order chi connectivity index (χ0) is 19.1. The molecule has 4 nitrogen and oxygen atoms in total. The van der Waals surface area contributed by atoms with Crippen LogP contribution in [0.3, 0.4) is 0 Å². The van der Waals surface area contributed by atoms with Gasteiger partial charge in [-0.3, -0.25) is 4.90 Å². The molecule has 0 bridgehead atoms. The van der Waals surface area contributed by atoms with Gasteiger partial charge in [-0.1, -0.05) is 24.1 Å². The summed E-state index contributed by atoms with van der Waals surface area (Å²) in [4.78, 5) is 14.0. The monoisotopic (exact) mass is 355 g/mol. The summed E-state index contributed by atoms with van der Waals surface area (Å²) in [5.41, 5.74) is 3.83. The van der Waals surface area contributed by atoms with Gasteiger partial charge in [0.25, 0.3) is 0 Å². The number of carbonyl (C=O) groups excluding carboxylic acids is 1. The van der Waals surface area contributed by atoms with Gasteiger partial charge in [-0.2, -0.15) is 0 Å². The van der Waals surface area contributed by atoms with Crippen LogP contribution < -0.4 is 0 Å². The zero-order valence-corrected chi connectivity index (χ0v) is 16.2. The summed E-state index contributed by atoms with van der Waals surface area (Å²) in [5, 5.41) is 10.1. The van der Waals surface area contributed by atoms with E-state index in [4.69, 9.17) is 11.2 Å². The molecule has 0 radical (unpaired) electrons. The lowest BCUT2D eigenvalue weighted by Gasteiger charge is -2.36. The van der Waals surface area contributed by atoms with Crippen molar-refractivity contribution in [2.45, 2.75) is 77.2 Å². The molecule has 140 valence electrons. The number of fused-ring (bicyclic) bond motifs is 2. The first-order valence-electron chi connectivity index (χ1n) is 9.48. The SMILES string of the molecule is C#CC1C[C@@H]2[C@@H](CCC[C@@H]2O)N1C(=O)OC(C)(C)C.Cc1cc2ccc1-2.